The van der Waals surface area contributed by atoms with Gasteiger partial charge in [-0.1, -0.05) is 6.07 Å². The zero-order valence-electron chi connectivity index (χ0n) is 12.6. The van der Waals surface area contributed by atoms with Gasteiger partial charge in [0, 0.05) is 30.7 Å². The summed E-state index contributed by atoms with van der Waals surface area (Å²) in [5.74, 6) is -3.61. The molecule has 0 radical (unpaired) electrons. The Morgan fingerprint density at radius 2 is 1.96 bits per heavy atom. The fourth-order valence-electron chi connectivity index (χ4n) is 2.82. The first-order chi connectivity index (χ1) is 11.1. The number of hydrogen-bond donors (Lipinski definition) is 1. The van der Waals surface area contributed by atoms with E-state index in [1.165, 1.54) is 6.07 Å². The summed E-state index contributed by atoms with van der Waals surface area (Å²) in [6.45, 7) is 2.42. The first kappa shape index (κ1) is 16.3. The molecule has 3 nitrogen and oxygen atoms in total. The van der Waals surface area contributed by atoms with Crippen molar-refractivity contribution in [1.82, 2.24) is 10.3 Å². The van der Waals surface area contributed by atoms with Crippen LogP contribution in [0.1, 0.15) is 18.4 Å². The molecule has 1 fully saturated rings. The highest BCUT2D eigenvalue weighted by molar-refractivity contribution is 7.13. The fourth-order valence-corrected chi connectivity index (χ4v) is 3.51. The summed E-state index contributed by atoms with van der Waals surface area (Å²) in [5, 5.41) is 6.39. The van der Waals surface area contributed by atoms with Crippen molar-refractivity contribution in [2.75, 3.05) is 24.5 Å². The molecule has 1 aliphatic heterocycles. The Morgan fingerprint density at radius 1 is 1.17 bits per heavy atom. The molecule has 0 aliphatic carbocycles. The number of nitrogens with zero attached hydrogens (tertiary/aromatic N) is 2. The van der Waals surface area contributed by atoms with Crippen molar-refractivity contribution in [1.29, 1.82) is 0 Å². The van der Waals surface area contributed by atoms with Crippen molar-refractivity contribution in [3.63, 3.8) is 0 Å². The number of nitrogens with one attached hydrogen (secondary N) is 1. The first-order valence-corrected chi connectivity index (χ1v) is 8.53. The molecular formula is C16H18F3N3S. The maximum Gasteiger partial charge on any atom is 0.194 e. The molecule has 0 amide bonds. The van der Waals surface area contributed by atoms with Crippen molar-refractivity contribution in [2.45, 2.75) is 25.3 Å². The predicted molar refractivity (Wildman–Crippen MR) is 85.4 cm³/mol. The van der Waals surface area contributed by atoms with Gasteiger partial charge in [-0.2, -0.15) is 0 Å². The van der Waals surface area contributed by atoms with E-state index in [0.717, 1.165) is 37.1 Å². The average molecular weight is 341 g/mol. The highest BCUT2D eigenvalue weighted by Crippen LogP contribution is 2.22. The van der Waals surface area contributed by atoms with Gasteiger partial charge in [-0.3, -0.25) is 0 Å². The van der Waals surface area contributed by atoms with Crippen LogP contribution in [0.25, 0.3) is 0 Å². The van der Waals surface area contributed by atoms with Crippen LogP contribution in [0.4, 0.5) is 18.3 Å². The largest absolute Gasteiger partial charge is 0.348 e. The molecular weight excluding hydrogens is 323 g/mol. The van der Waals surface area contributed by atoms with Gasteiger partial charge in [0.05, 0.1) is 0 Å². The van der Waals surface area contributed by atoms with E-state index in [2.05, 4.69) is 15.2 Å². The quantitative estimate of drug-likeness (QED) is 0.846. The lowest BCUT2D eigenvalue weighted by molar-refractivity contribution is 0.412. The Morgan fingerprint density at radius 3 is 2.65 bits per heavy atom. The van der Waals surface area contributed by atoms with Crippen LogP contribution in [0.3, 0.4) is 0 Å². The number of rotatable bonds is 5. The molecule has 0 bridgehead atoms. The van der Waals surface area contributed by atoms with E-state index in [4.69, 9.17) is 0 Å². The minimum absolute atomic E-state index is 0.205. The molecule has 1 saturated heterocycles. The summed E-state index contributed by atoms with van der Waals surface area (Å²) in [4.78, 5) is 6.57. The summed E-state index contributed by atoms with van der Waals surface area (Å²) < 4.78 is 39.6. The van der Waals surface area contributed by atoms with Crippen molar-refractivity contribution < 1.29 is 13.2 Å². The molecule has 1 aliphatic rings. The molecule has 0 spiro atoms. The predicted octanol–water partition coefficient (Wildman–Crippen LogP) is 3.36. The Labute approximate surface area is 137 Å². The number of benzene rings is 1. The number of piperidine rings is 1. The van der Waals surface area contributed by atoms with E-state index in [1.807, 2.05) is 5.38 Å². The lowest BCUT2D eigenvalue weighted by atomic mass is 10.0. The topological polar surface area (TPSA) is 28.2 Å². The van der Waals surface area contributed by atoms with E-state index in [1.54, 1.807) is 17.5 Å². The summed E-state index contributed by atoms with van der Waals surface area (Å²) >= 11 is 1.64. The zero-order chi connectivity index (χ0) is 16.2. The van der Waals surface area contributed by atoms with Crippen LogP contribution in [-0.2, 0) is 6.42 Å². The molecule has 0 atom stereocenters. The highest BCUT2D eigenvalue weighted by Gasteiger charge is 2.20. The highest BCUT2D eigenvalue weighted by atomic mass is 32.1. The summed E-state index contributed by atoms with van der Waals surface area (Å²) in [6.07, 6.45) is 4.12. The lowest BCUT2D eigenvalue weighted by Gasteiger charge is -2.32. The maximum atomic E-state index is 13.6. The van der Waals surface area contributed by atoms with Gasteiger partial charge in [0.15, 0.2) is 22.6 Å². The molecule has 2 aromatic rings. The van der Waals surface area contributed by atoms with E-state index < -0.39 is 17.5 Å². The number of thiazole rings is 1. The van der Waals surface area contributed by atoms with Crippen molar-refractivity contribution >= 4 is 16.5 Å². The molecule has 23 heavy (non-hydrogen) atoms. The standard InChI is InChI=1S/C16H18F3N3S/c17-13-2-1-11(14(18)15(13)19)3-6-20-12-4-8-22(9-5-12)16-21-7-10-23-16/h1-2,7,10,12,20H,3-6,8-9H2. The summed E-state index contributed by atoms with van der Waals surface area (Å²) in [6, 6.07) is 2.64. The normalized spacial score (nSPS) is 16.0. The van der Waals surface area contributed by atoms with Crippen LogP contribution in [0.2, 0.25) is 0 Å². The fraction of sp³-hybridized carbons (Fsp3) is 0.438. The third-order valence-electron chi connectivity index (χ3n) is 4.13. The Hall–Kier alpha value is -1.60. The van der Waals surface area contributed by atoms with Crippen LogP contribution in [0.15, 0.2) is 23.7 Å². The van der Waals surface area contributed by atoms with E-state index in [9.17, 15) is 13.2 Å². The van der Waals surface area contributed by atoms with Gasteiger partial charge in [-0.05, 0) is 37.4 Å². The molecule has 1 aromatic carbocycles. The summed E-state index contributed by atoms with van der Waals surface area (Å²) in [7, 11) is 0. The summed E-state index contributed by atoms with van der Waals surface area (Å²) in [5.41, 5.74) is 0.205. The first-order valence-electron chi connectivity index (χ1n) is 7.65. The SMILES string of the molecule is Fc1ccc(CCNC2CCN(c3nccs3)CC2)c(F)c1F. The lowest BCUT2D eigenvalue weighted by Crippen LogP contribution is -2.43. The zero-order valence-corrected chi connectivity index (χ0v) is 13.4. The minimum Gasteiger partial charge on any atom is -0.348 e. The van der Waals surface area contributed by atoms with Crippen LogP contribution in [0.5, 0.6) is 0 Å². The smallest absolute Gasteiger partial charge is 0.194 e. The number of halogens is 3. The number of anilines is 1. The van der Waals surface area contributed by atoms with E-state index >= 15 is 0 Å². The van der Waals surface area contributed by atoms with Gasteiger partial charge in [-0.25, -0.2) is 18.2 Å². The Balaban J connectivity index is 1.45. The van der Waals surface area contributed by atoms with Gasteiger partial charge >= 0.3 is 0 Å². The van der Waals surface area contributed by atoms with Crippen LogP contribution < -0.4 is 10.2 Å². The van der Waals surface area contributed by atoms with Crippen LogP contribution >= 0.6 is 11.3 Å². The van der Waals surface area contributed by atoms with Gasteiger partial charge in [0.25, 0.3) is 0 Å². The van der Waals surface area contributed by atoms with Gasteiger partial charge in [-0.15, -0.1) is 11.3 Å². The molecule has 0 unspecified atom stereocenters. The van der Waals surface area contributed by atoms with Crippen molar-refractivity contribution in [3.05, 3.63) is 46.7 Å². The second kappa shape index (κ2) is 7.31. The molecule has 3 rings (SSSR count). The van der Waals surface area contributed by atoms with E-state index in [-0.39, 0.29) is 5.56 Å². The maximum absolute atomic E-state index is 13.6. The molecule has 2 heterocycles. The second-order valence-corrected chi connectivity index (χ2v) is 6.49. The van der Waals surface area contributed by atoms with E-state index in [0.29, 0.717) is 19.0 Å². The Kier molecular flexibility index (Phi) is 5.17. The van der Waals surface area contributed by atoms with Gasteiger partial charge in [0.2, 0.25) is 0 Å². The minimum atomic E-state index is -1.39. The van der Waals surface area contributed by atoms with Crippen LogP contribution in [0, 0.1) is 17.5 Å². The molecule has 1 N–H and O–H groups in total. The van der Waals surface area contributed by atoms with Crippen molar-refractivity contribution in [3.8, 4) is 0 Å². The monoisotopic (exact) mass is 341 g/mol. The molecule has 0 saturated carbocycles. The third-order valence-corrected chi connectivity index (χ3v) is 4.96. The number of aromatic nitrogens is 1. The van der Waals surface area contributed by atoms with Gasteiger partial charge in [0.1, 0.15) is 0 Å². The molecule has 124 valence electrons. The van der Waals surface area contributed by atoms with Crippen molar-refractivity contribution in [2.24, 2.45) is 0 Å². The average Bonchev–Trinajstić information content (AvgIpc) is 3.10. The molecule has 1 aromatic heterocycles. The number of hydrogen-bond acceptors (Lipinski definition) is 4. The van der Waals surface area contributed by atoms with Crippen LogP contribution in [-0.4, -0.2) is 30.7 Å². The molecule has 7 heteroatoms. The Bertz CT molecular complexity index is 640. The third kappa shape index (κ3) is 3.84. The second-order valence-electron chi connectivity index (χ2n) is 5.61. The van der Waals surface area contributed by atoms with Gasteiger partial charge < -0.3 is 10.2 Å².